The molecule has 5 nitrogen and oxygen atoms in total. The van der Waals surface area contributed by atoms with Gasteiger partial charge in [0, 0.05) is 24.2 Å². The van der Waals surface area contributed by atoms with Crippen molar-refractivity contribution in [3.63, 3.8) is 0 Å². The molecule has 3 aromatic rings. The van der Waals surface area contributed by atoms with E-state index in [9.17, 15) is 4.79 Å². The van der Waals surface area contributed by atoms with Crippen molar-refractivity contribution in [1.29, 1.82) is 0 Å². The van der Waals surface area contributed by atoms with Gasteiger partial charge in [-0.1, -0.05) is 54.6 Å². The molecule has 1 amide bonds. The quantitative estimate of drug-likeness (QED) is 0.643. The van der Waals surface area contributed by atoms with Crippen molar-refractivity contribution in [3.8, 4) is 22.6 Å². The van der Waals surface area contributed by atoms with Gasteiger partial charge < -0.3 is 14.8 Å². The minimum Gasteiger partial charge on any atom is -0.454 e. The molecule has 0 radical (unpaired) electrons. The molecular weight excluding hydrogens is 388 g/mol. The number of piperidine rings is 1. The van der Waals surface area contributed by atoms with Crippen LogP contribution >= 0.6 is 0 Å². The first-order valence-corrected chi connectivity index (χ1v) is 10.8. The summed E-state index contributed by atoms with van der Waals surface area (Å²) in [5.41, 5.74) is 4.55. The monoisotopic (exact) mass is 414 g/mol. The number of nitrogens with zero attached hydrogens (tertiary/aromatic N) is 1. The first-order valence-electron chi connectivity index (χ1n) is 10.8. The average Bonchev–Trinajstić information content (AvgIpc) is 3.29. The third-order valence-electron chi connectivity index (χ3n) is 6.07. The Hall–Kier alpha value is -3.31. The molecule has 5 heteroatoms. The van der Waals surface area contributed by atoms with Crippen LogP contribution in [0.5, 0.6) is 11.5 Å². The molecule has 158 valence electrons. The molecule has 1 N–H and O–H groups in total. The normalized spacial score (nSPS) is 16.3. The Labute approximate surface area is 182 Å². The summed E-state index contributed by atoms with van der Waals surface area (Å²) in [5, 5.41) is 3.03. The maximum atomic E-state index is 12.7. The summed E-state index contributed by atoms with van der Waals surface area (Å²) in [4.78, 5) is 15.1. The Morgan fingerprint density at radius 2 is 1.58 bits per heavy atom. The predicted octanol–water partition coefficient (Wildman–Crippen LogP) is 4.93. The molecule has 0 aliphatic carbocycles. The van der Waals surface area contributed by atoms with E-state index in [-0.39, 0.29) is 18.6 Å². The molecular formula is C26H26N2O3. The number of carbonyl (C=O) groups excluding carboxylic acids is 1. The topological polar surface area (TPSA) is 50.8 Å². The van der Waals surface area contributed by atoms with Gasteiger partial charge in [0.05, 0.1) is 0 Å². The van der Waals surface area contributed by atoms with Gasteiger partial charge >= 0.3 is 0 Å². The molecule has 2 heterocycles. The van der Waals surface area contributed by atoms with Crippen LogP contribution < -0.4 is 14.8 Å². The number of nitrogens with one attached hydrogen (secondary N) is 1. The Morgan fingerprint density at radius 1 is 0.871 bits per heavy atom. The lowest BCUT2D eigenvalue weighted by molar-refractivity contribution is -0.121. The van der Waals surface area contributed by atoms with Gasteiger partial charge in [0.2, 0.25) is 12.7 Å². The van der Waals surface area contributed by atoms with Gasteiger partial charge in [-0.05, 0) is 54.8 Å². The van der Waals surface area contributed by atoms with E-state index in [1.54, 1.807) is 0 Å². The van der Waals surface area contributed by atoms with Crippen molar-refractivity contribution < 1.29 is 14.3 Å². The van der Waals surface area contributed by atoms with Crippen LogP contribution in [-0.2, 0) is 11.3 Å². The first-order chi connectivity index (χ1) is 15.2. The molecule has 1 saturated heterocycles. The summed E-state index contributed by atoms with van der Waals surface area (Å²) < 4.78 is 10.7. The fourth-order valence-corrected chi connectivity index (χ4v) is 4.26. The number of anilines is 1. The zero-order valence-corrected chi connectivity index (χ0v) is 17.4. The van der Waals surface area contributed by atoms with Crippen LogP contribution in [0, 0.1) is 5.92 Å². The molecule has 0 saturated carbocycles. The van der Waals surface area contributed by atoms with Gasteiger partial charge in [-0.2, -0.15) is 0 Å². The minimum absolute atomic E-state index is 0.0436. The number of benzene rings is 3. The predicted molar refractivity (Wildman–Crippen MR) is 121 cm³/mol. The van der Waals surface area contributed by atoms with Gasteiger partial charge in [-0.15, -0.1) is 0 Å². The Morgan fingerprint density at radius 3 is 2.35 bits per heavy atom. The maximum Gasteiger partial charge on any atom is 0.231 e. The zero-order chi connectivity index (χ0) is 21.0. The van der Waals surface area contributed by atoms with E-state index in [1.807, 2.05) is 24.3 Å². The lowest BCUT2D eigenvalue weighted by Crippen LogP contribution is -2.37. The van der Waals surface area contributed by atoms with Crippen LogP contribution in [0.3, 0.4) is 0 Å². The standard InChI is InChI=1S/C26H26N2O3/c29-26(27-23-10-11-24-25(16-23)31-18-30-24)22-12-14-28(15-13-22)17-19-6-8-21(9-7-19)20-4-2-1-3-5-20/h1-11,16,22H,12-15,17-18H2,(H,27,29). The van der Waals surface area contributed by atoms with Crippen molar-refractivity contribution in [1.82, 2.24) is 4.90 Å². The van der Waals surface area contributed by atoms with E-state index >= 15 is 0 Å². The van der Waals surface area contributed by atoms with Crippen LogP contribution in [0.4, 0.5) is 5.69 Å². The number of hydrogen-bond acceptors (Lipinski definition) is 4. The second-order valence-electron chi connectivity index (χ2n) is 8.17. The average molecular weight is 415 g/mol. The number of carbonyl (C=O) groups is 1. The molecule has 2 aliphatic heterocycles. The van der Waals surface area contributed by atoms with Gasteiger partial charge in [0.25, 0.3) is 0 Å². The third-order valence-corrected chi connectivity index (χ3v) is 6.07. The van der Waals surface area contributed by atoms with Crippen LogP contribution in [0.2, 0.25) is 0 Å². The first kappa shape index (κ1) is 19.6. The van der Waals surface area contributed by atoms with Crippen LogP contribution in [0.15, 0.2) is 72.8 Å². The highest BCUT2D eigenvalue weighted by molar-refractivity contribution is 5.93. The largest absolute Gasteiger partial charge is 0.454 e. The summed E-state index contributed by atoms with van der Waals surface area (Å²) in [6, 6.07) is 24.8. The number of ether oxygens (including phenoxy) is 2. The maximum absolute atomic E-state index is 12.7. The number of hydrogen-bond donors (Lipinski definition) is 1. The van der Waals surface area contributed by atoms with E-state index in [1.165, 1.54) is 16.7 Å². The van der Waals surface area contributed by atoms with Crippen molar-refractivity contribution in [2.45, 2.75) is 19.4 Å². The highest BCUT2D eigenvalue weighted by Crippen LogP contribution is 2.34. The van der Waals surface area contributed by atoms with E-state index in [2.05, 4.69) is 58.7 Å². The summed E-state index contributed by atoms with van der Waals surface area (Å²) >= 11 is 0. The molecule has 0 atom stereocenters. The molecule has 0 unspecified atom stereocenters. The fraction of sp³-hybridized carbons (Fsp3) is 0.269. The molecule has 0 aromatic heterocycles. The van der Waals surface area contributed by atoms with Gasteiger partial charge in [-0.3, -0.25) is 9.69 Å². The van der Waals surface area contributed by atoms with E-state index in [0.29, 0.717) is 5.75 Å². The minimum atomic E-state index is 0.0436. The molecule has 0 spiro atoms. The number of rotatable bonds is 5. The van der Waals surface area contributed by atoms with Crippen LogP contribution in [-0.4, -0.2) is 30.7 Å². The summed E-state index contributed by atoms with van der Waals surface area (Å²) in [7, 11) is 0. The SMILES string of the molecule is O=C(Nc1ccc2c(c1)OCO2)C1CCN(Cc2ccc(-c3ccccc3)cc2)CC1. The van der Waals surface area contributed by atoms with Gasteiger partial charge in [0.15, 0.2) is 11.5 Å². The molecule has 5 rings (SSSR count). The smallest absolute Gasteiger partial charge is 0.231 e. The summed E-state index contributed by atoms with van der Waals surface area (Å²) in [6.45, 7) is 3.02. The highest BCUT2D eigenvalue weighted by atomic mass is 16.7. The highest BCUT2D eigenvalue weighted by Gasteiger charge is 2.25. The number of likely N-dealkylation sites (tertiary alicyclic amines) is 1. The molecule has 0 bridgehead atoms. The van der Waals surface area contributed by atoms with E-state index < -0.39 is 0 Å². The molecule has 1 fully saturated rings. The third kappa shape index (κ3) is 4.57. The van der Waals surface area contributed by atoms with Crippen molar-refractivity contribution >= 4 is 11.6 Å². The second-order valence-corrected chi connectivity index (χ2v) is 8.17. The number of amides is 1. The Bertz CT molecular complexity index is 1040. The van der Waals surface area contributed by atoms with Gasteiger partial charge in [0.1, 0.15) is 0 Å². The van der Waals surface area contributed by atoms with E-state index in [4.69, 9.17) is 9.47 Å². The van der Waals surface area contributed by atoms with Crippen molar-refractivity contribution in [3.05, 3.63) is 78.4 Å². The lowest BCUT2D eigenvalue weighted by Gasteiger charge is -2.31. The summed E-state index contributed by atoms with van der Waals surface area (Å²) in [5.74, 6) is 1.54. The van der Waals surface area contributed by atoms with Gasteiger partial charge in [-0.25, -0.2) is 0 Å². The zero-order valence-electron chi connectivity index (χ0n) is 17.4. The van der Waals surface area contributed by atoms with Crippen molar-refractivity contribution in [2.24, 2.45) is 5.92 Å². The Balaban J connectivity index is 1.12. The van der Waals surface area contributed by atoms with Crippen molar-refractivity contribution in [2.75, 3.05) is 25.2 Å². The Kier molecular flexibility index (Phi) is 5.59. The molecule has 31 heavy (non-hydrogen) atoms. The van der Waals surface area contributed by atoms with Crippen LogP contribution in [0.25, 0.3) is 11.1 Å². The van der Waals surface area contributed by atoms with E-state index in [0.717, 1.165) is 43.9 Å². The summed E-state index contributed by atoms with van der Waals surface area (Å²) in [6.07, 6.45) is 1.75. The molecule has 2 aliphatic rings. The van der Waals surface area contributed by atoms with Crippen LogP contribution in [0.1, 0.15) is 18.4 Å². The molecule has 3 aromatic carbocycles. The fourth-order valence-electron chi connectivity index (χ4n) is 4.26. The number of fused-ring (bicyclic) bond motifs is 1. The lowest BCUT2D eigenvalue weighted by atomic mass is 9.95. The second kappa shape index (κ2) is 8.82.